The van der Waals surface area contributed by atoms with Crippen molar-refractivity contribution in [3.05, 3.63) is 63.1 Å². The average molecular weight is 442 g/mol. The number of nitrogens with zero attached hydrogens (tertiary/aromatic N) is 2. The molecule has 2 N–H and O–H groups in total. The normalized spacial score (nSPS) is 10.6. The number of benzene rings is 2. The lowest BCUT2D eigenvalue weighted by Crippen LogP contribution is -2.04. The maximum atomic E-state index is 13.1. The summed E-state index contributed by atoms with van der Waals surface area (Å²) in [6.45, 7) is 0.702. The summed E-state index contributed by atoms with van der Waals surface area (Å²) in [5.41, 5.74) is 1.63. The molecular weight excluding hydrogens is 427 g/mol. The van der Waals surface area contributed by atoms with Crippen molar-refractivity contribution in [2.75, 3.05) is 12.4 Å². The van der Waals surface area contributed by atoms with Gasteiger partial charge in [0.15, 0.2) is 11.5 Å². The van der Waals surface area contributed by atoms with Gasteiger partial charge in [-0.05, 0) is 29.8 Å². The summed E-state index contributed by atoms with van der Waals surface area (Å²) in [6.07, 6.45) is 1.43. The Morgan fingerprint density at radius 3 is 2.77 bits per heavy atom. The Bertz CT molecular complexity index is 893. The van der Waals surface area contributed by atoms with Crippen LogP contribution in [0.2, 0.25) is 5.02 Å². The Morgan fingerprint density at radius 2 is 2.08 bits per heavy atom. The van der Waals surface area contributed by atoms with Gasteiger partial charge in [-0.2, -0.15) is 5.10 Å². The molecule has 0 saturated carbocycles. The second kappa shape index (κ2) is 8.37. The van der Waals surface area contributed by atoms with Crippen LogP contribution in [0.15, 0.2) is 41.1 Å². The summed E-state index contributed by atoms with van der Waals surface area (Å²) in [7, 11) is 1.56. The fourth-order valence-electron chi connectivity index (χ4n) is 2.25. The van der Waals surface area contributed by atoms with Gasteiger partial charge >= 0.3 is 0 Å². The van der Waals surface area contributed by atoms with Crippen LogP contribution >= 0.6 is 27.5 Å². The third-order valence-corrected chi connectivity index (χ3v) is 4.68. The molecule has 0 aliphatic rings. The molecule has 0 unspecified atom stereocenters. The van der Waals surface area contributed by atoms with E-state index in [1.165, 1.54) is 18.5 Å². The Balaban J connectivity index is 1.73. The largest absolute Gasteiger partial charge is 0.493 e. The molecule has 3 aromatic rings. The molecule has 6 nitrogen and oxygen atoms in total. The number of H-pyrrole nitrogens is 1. The van der Waals surface area contributed by atoms with Gasteiger partial charge in [-0.25, -0.2) is 14.5 Å². The van der Waals surface area contributed by atoms with E-state index in [0.29, 0.717) is 34.6 Å². The van der Waals surface area contributed by atoms with Gasteiger partial charge in [0.1, 0.15) is 18.8 Å². The molecule has 0 aliphatic heterocycles. The third kappa shape index (κ3) is 4.44. The van der Waals surface area contributed by atoms with Crippen LogP contribution in [0.25, 0.3) is 0 Å². The quantitative estimate of drug-likeness (QED) is 0.562. The first-order valence-corrected chi connectivity index (χ1v) is 8.76. The van der Waals surface area contributed by atoms with E-state index in [9.17, 15) is 4.39 Å². The Labute approximate surface area is 162 Å². The van der Waals surface area contributed by atoms with E-state index in [4.69, 9.17) is 21.1 Å². The summed E-state index contributed by atoms with van der Waals surface area (Å²) in [5, 5.41) is 9.94. The highest BCUT2D eigenvalue weighted by molar-refractivity contribution is 9.10. The second-order valence-electron chi connectivity index (χ2n) is 5.31. The molecule has 0 radical (unpaired) electrons. The number of rotatable bonds is 7. The maximum absolute atomic E-state index is 13.1. The summed E-state index contributed by atoms with van der Waals surface area (Å²) in [4.78, 5) is 4.01. The summed E-state index contributed by atoms with van der Waals surface area (Å²) < 4.78 is 25.2. The maximum Gasteiger partial charge on any atom is 0.218 e. The SMILES string of the molecule is COc1cc(CNc2ncn[nH]2)c(Br)cc1OCc1ccc(F)cc1Cl. The smallest absolute Gasteiger partial charge is 0.218 e. The summed E-state index contributed by atoms with van der Waals surface area (Å²) >= 11 is 9.56. The molecule has 26 heavy (non-hydrogen) atoms. The van der Waals surface area contributed by atoms with Crippen molar-refractivity contribution in [1.29, 1.82) is 0 Å². The topological polar surface area (TPSA) is 72.1 Å². The van der Waals surface area contributed by atoms with Crippen LogP contribution < -0.4 is 14.8 Å². The van der Waals surface area contributed by atoms with Gasteiger partial charge in [-0.15, -0.1) is 0 Å². The molecular formula is C17H15BrClFN4O2. The highest BCUT2D eigenvalue weighted by Gasteiger charge is 2.12. The van der Waals surface area contributed by atoms with Gasteiger partial charge in [0.05, 0.1) is 12.1 Å². The van der Waals surface area contributed by atoms with Gasteiger partial charge in [0, 0.05) is 16.6 Å². The van der Waals surface area contributed by atoms with Gasteiger partial charge in [-0.3, -0.25) is 0 Å². The molecule has 9 heteroatoms. The zero-order valence-electron chi connectivity index (χ0n) is 13.7. The Hall–Kier alpha value is -2.32. The average Bonchev–Trinajstić information content (AvgIpc) is 3.13. The van der Waals surface area contributed by atoms with Crippen molar-refractivity contribution in [3.63, 3.8) is 0 Å². The molecule has 1 aromatic heterocycles. The monoisotopic (exact) mass is 440 g/mol. The zero-order chi connectivity index (χ0) is 18.5. The van der Waals surface area contributed by atoms with E-state index in [0.717, 1.165) is 10.0 Å². The number of halogens is 3. The third-order valence-electron chi connectivity index (χ3n) is 3.59. The molecule has 3 rings (SSSR count). The molecule has 0 spiro atoms. The standard InChI is InChI=1S/C17H15BrClFN4O2/c1-25-15-4-11(7-21-17-22-9-23-24-17)13(18)6-16(15)26-8-10-2-3-12(20)5-14(10)19/h2-6,9H,7-8H2,1H3,(H2,21,22,23,24). The van der Waals surface area contributed by atoms with E-state index in [1.54, 1.807) is 13.2 Å². The van der Waals surface area contributed by atoms with Crippen molar-refractivity contribution >= 4 is 33.5 Å². The number of anilines is 1. The van der Waals surface area contributed by atoms with Crippen LogP contribution in [0.5, 0.6) is 11.5 Å². The van der Waals surface area contributed by atoms with Crippen LogP contribution in [-0.2, 0) is 13.2 Å². The number of aromatic amines is 1. The van der Waals surface area contributed by atoms with Crippen LogP contribution in [0, 0.1) is 5.82 Å². The molecule has 0 atom stereocenters. The van der Waals surface area contributed by atoms with Crippen LogP contribution in [0.4, 0.5) is 10.3 Å². The van der Waals surface area contributed by atoms with Gasteiger partial charge in [-0.1, -0.05) is 33.6 Å². The second-order valence-corrected chi connectivity index (χ2v) is 6.57. The molecule has 0 saturated heterocycles. The van der Waals surface area contributed by atoms with Crippen molar-refractivity contribution in [2.24, 2.45) is 0 Å². The predicted octanol–water partition coefficient (Wildman–Crippen LogP) is 4.56. The minimum atomic E-state index is -0.386. The molecule has 0 fully saturated rings. The number of nitrogens with one attached hydrogen (secondary N) is 2. The molecule has 0 aliphatic carbocycles. The first kappa shape index (κ1) is 18.5. The number of aromatic nitrogens is 3. The Morgan fingerprint density at radius 1 is 1.23 bits per heavy atom. The van der Waals surface area contributed by atoms with E-state index in [2.05, 4.69) is 36.4 Å². The Kier molecular flexibility index (Phi) is 5.95. The number of hydrogen-bond donors (Lipinski definition) is 2. The van der Waals surface area contributed by atoms with Crippen molar-refractivity contribution in [2.45, 2.75) is 13.2 Å². The summed E-state index contributed by atoms with van der Waals surface area (Å²) in [5.74, 6) is 1.30. The van der Waals surface area contributed by atoms with Crippen LogP contribution in [0.3, 0.4) is 0 Å². The van der Waals surface area contributed by atoms with Gasteiger partial charge in [0.2, 0.25) is 5.95 Å². The first-order valence-electron chi connectivity index (χ1n) is 7.59. The van der Waals surface area contributed by atoms with E-state index in [-0.39, 0.29) is 12.4 Å². The van der Waals surface area contributed by atoms with E-state index >= 15 is 0 Å². The first-order chi connectivity index (χ1) is 12.6. The minimum Gasteiger partial charge on any atom is -0.493 e. The summed E-state index contributed by atoms with van der Waals surface area (Å²) in [6, 6.07) is 7.86. The number of methoxy groups -OCH3 is 1. The minimum absolute atomic E-state index is 0.192. The van der Waals surface area contributed by atoms with Crippen molar-refractivity contribution < 1.29 is 13.9 Å². The zero-order valence-corrected chi connectivity index (χ0v) is 16.1. The molecule has 136 valence electrons. The molecule has 0 bridgehead atoms. The fraction of sp³-hybridized carbons (Fsp3) is 0.176. The number of ether oxygens (including phenoxy) is 2. The molecule has 2 aromatic carbocycles. The van der Waals surface area contributed by atoms with Crippen molar-refractivity contribution in [3.8, 4) is 11.5 Å². The lowest BCUT2D eigenvalue weighted by Gasteiger charge is -2.15. The van der Waals surface area contributed by atoms with Crippen molar-refractivity contribution in [1.82, 2.24) is 15.2 Å². The van der Waals surface area contributed by atoms with Crippen LogP contribution in [0.1, 0.15) is 11.1 Å². The molecule has 1 heterocycles. The van der Waals surface area contributed by atoms with Gasteiger partial charge < -0.3 is 14.8 Å². The van der Waals surface area contributed by atoms with E-state index < -0.39 is 0 Å². The lowest BCUT2D eigenvalue weighted by atomic mass is 10.2. The van der Waals surface area contributed by atoms with Gasteiger partial charge in [0.25, 0.3) is 0 Å². The highest BCUT2D eigenvalue weighted by Crippen LogP contribution is 2.34. The highest BCUT2D eigenvalue weighted by atomic mass is 79.9. The predicted molar refractivity (Wildman–Crippen MR) is 100 cm³/mol. The lowest BCUT2D eigenvalue weighted by molar-refractivity contribution is 0.284. The fourth-order valence-corrected chi connectivity index (χ4v) is 2.93. The van der Waals surface area contributed by atoms with E-state index in [1.807, 2.05) is 12.1 Å². The number of hydrogen-bond acceptors (Lipinski definition) is 5. The molecule has 0 amide bonds. The van der Waals surface area contributed by atoms with Crippen LogP contribution in [-0.4, -0.2) is 22.3 Å².